The van der Waals surface area contributed by atoms with Crippen LogP contribution in [0.3, 0.4) is 0 Å². The number of halogens is 1. The Morgan fingerprint density at radius 1 is 0.750 bits per heavy atom. The molecule has 0 saturated heterocycles. The van der Waals surface area contributed by atoms with Gasteiger partial charge in [-0.3, -0.25) is 0 Å². The first kappa shape index (κ1) is 12.7. The van der Waals surface area contributed by atoms with Gasteiger partial charge in [-0.25, -0.2) is 0 Å². The molecule has 0 aliphatic rings. The normalized spacial score (nSPS) is 10.5. The predicted octanol–water partition coefficient (Wildman–Crippen LogP) is 3.56. The first-order valence-electron chi connectivity index (χ1n) is 6.13. The molecule has 3 rings (SSSR count). The lowest BCUT2D eigenvalue weighted by Crippen LogP contribution is -1.99. The van der Waals surface area contributed by atoms with Crippen molar-refractivity contribution in [3.05, 3.63) is 59.1 Å². The van der Waals surface area contributed by atoms with Crippen LogP contribution in [0.5, 0.6) is 0 Å². The maximum absolute atomic E-state index is 6.10. The Balaban J connectivity index is 1.96. The van der Waals surface area contributed by atoms with E-state index >= 15 is 0 Å². The zero-order valence-electron chi connectivity index (χ0n) is 10.8. The van der Waals surface area contributed by atoms with E-state index in [4.69, 9.17) is 11.6 Å². The van der Waals surface area contributed by atoms with Gasteiger partial charge in [0.05, 0.1) is 5.02 Å². The second-order valence-corrected chi connectivity index (χ2v) is 4.80. The van der Waals surface area contributed by atoms with Crippen LogP contribution in [0.25, 0.3) is 22.8 Å². The van der Waals surface area contributed by atoms with Crippen molar-refractivity contribution in [2.45, 2.75) is 6.92 Å². The van der Waals surface area contributed by atoms with Crippen LogP contribution in [0.4, 0.5) is 0 Å². The van der Waals surface area contributed by atoms with Crippen LogP contribution in [-0.2, 0) is 0 Å². The minimum atomic E-state index is 0.423. The molecule has 0 fully saturated rings. The lowest BCUT2D eigenvalue weighted by Gasteiger charge is -2.02. The van der Waals surface area contributed by atoms with Gasteiger partial charge in [-0.15, -0.1) is 20.4 Å². The van der Waals surface area contributed by atoms with E-state index in [9.17, 15) is 0 Å². The molecule has 0 N–H and O–H groups in total. The molecule has 0 saturated carbocycles. The molecule has 5 heteroatoms. The standard InChI is InChI=1S/C15H11ClN4/c1-10-6-8-11(9-7-10)14-17-19-15(20-18-14)12-4-2-3-5-13(12)16/h2-9H,1H3. The summed E-state index contributed by atoms with van der Waals surface area (Å²) in [6.07, 6.45) is 0. The van der Waals surface area contributed by atoms with Crippen LogP contribution < -0.4 is 0 Å². The fraction of sp³-hybridized carbons (Fsp3) is 0.0667. The molecule has 0 atom stereocenters. The number of hydrogen-bond acceptors (Lipinski definition) is 4. The number of hydrogen-bond donors (Lipinski definition) is 0. The van der Waals surface area contributed by atoms with E-state index in [-0.39, 0.29) is 0 Å². The molecule has 1 heterocycles. The van der Waals surface area contributed by atoms with E-state index in [1.165, 1.54) is 5.56 Å². The third kappa shape index (κ3) is 2.51. The van der Waals surface area contributed by atoms with Crippen molar-refractivity contribution in [2.24, 2.45) is 0 Å². The highest BCUT2D eigenvalue weighted by Gasteiger charge is 2.08. The quantitative estimate of drug-likeness (QED) is 0.721. The topological polar surface area (TPSA) is 51.6 Å². The summed E-state index contributed by atoms with van der Waals surface area (Å²) in [5, 5.41) is 17.0. The Bertz CT molecular complexity index is 724. The molecular formula is C15H11ClN4. The van der Waals surface area contributed by atoms with Gasteiger partial charge < -0.3 is 0 Å². The van der Waals surface area contributed by atoms with Gasteiger partial charge in [0.15, 0.2) is 0 Å². The van der Waals surface area contributed by atoms with Crippen molar-refractivity contribution in [2.75, 3.05) is 0 Å². The Morgan fingerprint density at radius 3 is 2.00 bits per heavy atom. The third-order valence-electron chi connectivity index (χ3n) is 2.90. The number of rotatable bonds is 2. The summed E-state index contributed by atoms with van der Waals surface area (Å²) in [6.45, 7) is 2.03. The highest BCUT2D eigenvalue weighted by molar-refractivity contribution is 6.33. The smallest absolute Gasteiger partial charge is 0.126 e. The third-order valence-corrected chi connectivity index (χ3v) is 3.23. The first-order chi connectivity index (χ1) is 9.74. The Kier molecular flexibility index (Phi) is 3.39. The van der Waals surface area contributed by atoms with E-state index in [0.717, 1.165) is 11.1 Å². The zero-order valence-corrected chi connectivity index (χ0v) is 11.5. The number of benzene rings is 2. The van der Waals surface area contributed by atoms with Crippen LogP contribution in [0.15, 0.2) is 48.5 Å². The second kappa shape index (κ2) is 5.35. The lowest BCUT2D eigenvalue weighted by molar-refractivity contribution is 0.876. The van der Waals surface area contributed by atoms with Crippen LogP contribution in [0.2, 0.25) is 5.02 Å². The molecular weight excluding hydrogens is 272 g/mol. The summed E-state index contributed by atoms with van der Waals surface area (Å²) < 4.78 is 0. The number of aromatic nitrogens is 4. The molecule has 4 nitrogen and oxygen atoms in total. The van der Waals surface area contributed by atoms with Crippen molar-refractivity contribution in [3.8, 4) is 22.8 Å². The highest BCUT2D eigenvalue weighted by Crippen LogP contribution is 2.24. The average Bonchev–Trinajstić information content (AvgIpc) is 2.49. The lowest BCUT2D eigenvalue weighted by atomic mass is 10.1. The highest BCUT2D eigenvalue weighted by atomic mass is 35.5. The molecule has 0 aliphatic carbocycles. The van der Waals surface area contributed by atoms with Gasteiger partial charge in [0, 0.05) is 11.1 Å². The van der Waals surface area contributed by atoms with Crippen molar-refractivity contribution in [1.82, 2.24) is 20.4 Å². The van der Waals surface area contributed by atoms with Crippen LogP contribution in [0.1, 0.15) is 5.56 Å². The largest absolute Gasteiger partial charge is 0.205 e. The Hall–Kier alpha value is -2.33. The summed E-state index contributed by atoms with van der Waals surface area (Å²) in [6, 6.07) is 15.3. The van der Waals surface area contributed by atoms with Gasteiger partial charge in [0.1, 0.15) is 0 Å². The summed E-state index contributed by atoms with van der Waals surface area (Å²) in [7, 11) is 0. The summed E-state index contributed by atoms with van der Waals surface area (Å²) in [4.78, 5) is 0. The average molecular weight is 283 g/mol. The van der Waals surface area contributed by atoms with Crippen LogP contribution >= 0.6 is 11.6 Å². The van der Waals surface area contributed by atoms with Gasteiger partial charge in [-0.05, 0) is 19.1 Å². The maximum atomic E-state index is 6.10. The van der Waals surface area contributed by atoms with Crippen molar-refractivity contribution < 1.29 is 0 Å². The van der Waals surface area contributed by atoms with Crippen molar-refractivity contribution in [3.63, 3.8) is 0 Å². The molecule has 0 radical (unpaired) electrons. The molecule has 0 bridgehead atoms. The fourth-order valence-electron chi connectivity index (χ4n) is 1.80. The molecule has 0 spiro atoms. The van der Waals surface area contributed by atoms with E-state index in [1.807, 2.05) is 49.4 Å². The van der Waals surface area contributed by atoms with E-state index in [0.29, 0.717) is 16.7 Å². The summed E-state index contributed by atoms with van der Waals surface area (Å²) in [5.41, 5.74) is 2.80. The molecule has 0 aliphatic heterocycles. The zero-order chi connectivity index (χ0) is 13.9. The monoisotopic (exact) mass is 282 g/mol. The molecule has 3 aromatic rings. The molecule has 0 unspecified atom stereocenters. The van der Waals surface area contributed by atoms with E-state index < -0.39 is 0 Å². The minimum absolute atomic E-state index is 0.423. The minimum Gasteiger partial charge on any atom is -0.126 e. The SMILES string of the molecule is Cc1ccc(-c2nnc(-c3ccccc3Cl)nn2)cc1. The first-order valence-corrected chi connectivity index (χ1v) is 6.51. The molecule has 20 heavy (non-hydrogen) atoms. The van der Waals surface area contributed by atoms with Crippen molar-refractivity contribution >= 4 is 11.6 Å². The summed E-state index contributed by atoms with van der Waals surface area (Å²) in [5.74, 6) is 0.923. The van der Waals surface area contributed by atoms with Crippen LogP contribution in [-0.4, -0.2) is 20.4 Å². The van der Waals surface area contributed by atoms with Gasteiger partial charge in [0.25, 0.3) is 0 Å². The van der Waals surface area contributed by atoms with Crippen LogP contribution in [0, 0.1) is 6.92 Å². The Labute approximate surface area is 121 Å². The van der Waals surface area contributed by atoms with Gasteiger partial charge in [0.2, 0.25) is 11.6 Å². The number of nitrogens with zero attached hydrogens (tertiary/aromatic N) is 4. The maximum Gasteiger partial charge on any atom is 0.205 e. The molecule has 98 valence electrons. The number of aryl methyl sites for hydroxylation is 1. The second-order valence-electron chi connectivity index (χ2n) is 4.39. The Morgan fingerprint density at radius 2 is 1.35 bits per heavy atom. The van der Waals surface area contributed by atoms with Crippen molar-refractivity contribution in [1.29, 1.82) is 0 Å². The predicted molar refractivity (Wildman–Crippen MR) is 78.2 cm³/mol. The fourth-order valence-corrected chi connectivity index (χ4v) is 2.02. The summed E-state index contributed by atoms with van der Waals surface area (Å²) >= 11 is 6.10. The van der Waals surface area contributed by atoms with Gasteiger partial charge >= 0.3 is 0 Å². The molecule has 0 amide bonds. The van der Waals surface area contributed by atoms with E-state index in [2.05, 4.69) is 20.4 Å². The molecule has 2 aromatic carbocycles. The van der Waals surface area contributed by atoms with E-state index in [1.54, 1.807) is 6.07 Å². The molecule has 1 aromatic heterocycles. The van der Waals surface area contributed by atoms with Gasteiger partial charge in [-0.1, -0.05) is 53.6 Å². The van der Waals surface area contributed by atoms with Gasteiger partial charge in [-0.2, -0.15) is 0 Å².